The van der Waals surface area contributed by atoms with E-state index in [0.29, 0.717) is 6.04 Å². The molecule has 14 heavy (non-hydrogen) atoms. The lowest BCUT2D eigenvalue weighted by Crippen LogP contribution is -2.45. The highest BCUT2D eigenvalue weighted by Gasteiger charge is 2.31. The Morgan fingerprint density at radius 2 is 2.29 bits per heavy atom. The first-order valence-electron chi connectivity index (χ1n) is 4.56. The molecule has 1 N–H and O–H groups in total. The summed E-state index contributed by atoms with van der Waals surface area (Å²) in [7, 11) is 1.95. The van der Waals surface area contributed by atoms with Gasteiger partial charge in [0.15, 0.2) is 0 Å². The molecule has 1 heterocycles. The van der Waals surface area contributed by atoms with Crippen LogP contribution in [0, 0.1) is 0 Å². The fourth-order valence-corrected chi connectivity index (χ4v) is 1.73. The topological polar surface area (TPSA) is 49.2 Å². The molecule has 76 valence electrons. The smallest absolute Gasteiger partial charge is 0.224 e. The van der Waals surface area contributed by atoms with E-state index in [9.17, 15) is 5.11 Å². The number of hydrogen-bond acceptors (Lipinski definition) is 4. The second kappa shape index (κ2) is 3.71. The zero-order valence-corrected chi connectivity index (χ0v) is 8.65. The van der Waals surface area contributed by atoms with Crippen LogP contribution in [0.15, 0.2) is 12.3 Å². The summed E-state index contributed by atoms with van der Waals surface area (Å²) in [6.07, 6.45) is 3.09. The lowest BCUT2D eigenvalue weighted by Gasteiger charge is -2.39. The average Bonchev–Trinajstić information content (AvgIpc) is 2.12. The van der Waals surface area contributed by atoms with Crippen molar-refractivity contribution in [3.63, 3.8) is 0 Å². The van der Waals surface area contributed by atoms with Gasteiger partial charge in [-0.05, 0) is 30.5 Å². The Hall–Kier alpha value is -0.870. The van der Waals surface area contributed by atoms with Gasteiger partial charge in [0.1, 0.15) is 5.82 Å². The fourth-order valence-electron chi connectivity index (χ4n) is 1.58. The van der Waals surface area contributed by atoms with Gasteiger partial charge in [-0.15, -0.1) is 0 Å². The Morgan fingerprint density at radius 1 is 1.57 bits per heavy atom. The van der Waals surface area contributed by atoms with Crippen molar-refractivity contribution in [2.45, 2.75) is 25.0 Å². The summed E-state index contributed by atoms with van der Waals surface area (Å²) in [5.74, 6) is 0.807. The van der Waals surface area contributed by atoms with Gasteiger partial charge in [-0.3, -0.25) is 0 Å². The van der Waals surface area contributed by atoms with Crippen molar-refractivity contribution in [2.75, 3.05) is 11.9 Å². The van der Waals surface area contributed by atoms with Crippen LogP contribution in [0.25, 0.3) is 0 Å². The van der Waals surface area contributed by atoms with Crippen molar-refractivity contribution >= 4 is 17.4 Å². The molecule has 0 atom stereocenters. The first-order chi connectivity index (χ1) is 6.66. The lowest BCUT2D eigenvalue weighted by atomic mass is 9.88. The third-order valence-corrected chi connectivity index (χ3v) is 2.79. The van der Waals surface area contributed by atoms with Crippen molar-refractivity contribution in [1.82, 2.24) is 9.97 Å². The summed E-state index contributed by atoms with van der Waals surface area (Å²) in [4.78, 5) is 9.95. The molecule has 0 amide bonds. The van der Waals surface area contributed by atoms with Gasteiger partial charge < -0.3 is 10.0 Å². The summed E-state index contributed by atoms with van der Waals surface area (Å²) in [6, 6.07) is 2.19. The summed E-state index contributed by atoms with van der Waals surface area (Å²) in [5.41, 5.74) is 0. The van der Waals surface area contributed by atoms with Crippen LogP contribution in [-0.4, -0.2) is 34.3 Å². The molecule has 1 aromatic rings. The third-order valence-electron chi connectivity index (χ3n) is 2.61. The third kappa shape index (κ3) is 1.81. The van der Waals surface area contributed by atoms with Gasteiger partial charge in [-0.25, -0.2) is 9.97 Å². The van der Waals surface area contributed by atoms with Crippen LogP contribution < -0.4 is 4.90 Å². The van der Waals surface area contributed by atoms with Crippen LogP contribution in [0.5, 0.6) is 0 Å². The molecule has 1 aromatic heterocycles. The molecule has 0 radical (unpaired) electrons. The first-order valence-corrected chi connectivity index (χ1v) is 4.94. The molecule has 1 fully saturated rings. The van der Waals surface area contributed by atoms with Crippen LogP contribution in [0.4, 0.5) is 5.82 Å². The molecule has 0 bridgehead atoms. The normalized spacial score (nSPS) is 25.6. The number of aliphatic hydroxyl groups excluding tert-OH is 1. The Morgan fingerprint density at radius 3 is 2.86 bits per heavy atom. The summed E-state index contributed by atoms with van der Waals surface area (Å²) < 4.78 is 0. The van der Waals surface area contributed by atoms with Gasteiger partial charge >= 0.3 is 0 Å². The molecule has 2 rings (SSSR count). The highest BCUT2D eigenvalue weighted by Crippen LogP contribution is 2.27. The van der Waals surface area contributed by atoms with E-state index >= 15 is 0 Å². The first kappa shape index (κ1) is 9.68. The molecule has 5 heteroatoms. The van der Waals surface area contributed by atoms with Gasteiger partial charge in [0, 0.05) is 19.3 Å². The molecule has 4 nitrogen and oxygen atoms in total. The van der Waals surface area contributed by atoms with E-state index in [-0.39, 0.29) is 11.4 Å². The largest absolute Gasteiger partial charge is 0.393 e. The zero-order valence-electron chi connectivity index (χ0n) is 7.89. The molecule has 0 unspecified atom stereocenters. The zero-order chi connectivity index (χ0) is 10.1. The second-order valence-electron chi connectivity index (χ2n) is 3.57. The number of nitrogens with zero attached hydrogens (tertiary/aromatic N) is 3. The van der Waals surface area contributed by atoms with Crippen LogP contribution in [-0.2, 0) is 0 Å². The van der Waals surface area contributed by atoms with Crippen molar-refractivity contribution < 1.29 is 5.11 Å². The van der Waals surface area contributed by atoms with E-state index in [0.717, 1.165) is 18.7 Å². The average molecular weight is 214 g/mol. The molecule has 0 saturated heterocycles. The maximum atomic E-state index is 9.18. The minimum atomic E-state index is -0.153. The van der Waals surface area contributed by atoms with E-state index in [1.807, 2.05) is 18.0 Å². The van der Waals surface area contributed by atoms with Crippen molar-refractivity contribution in [3.05, 3.63) is 17.5 Å². The Kier molecular flexibility index (Phi) is 2.56. The quantitative estimate of drug-likeness (QED) is 0.748. The van der Waals surface area contributed by atoms with E-state index in [1.165, 1.54) is 0 Å². The summed E-state index contributed by atoms with van der Waals surface area (Å²) >= 11 is 5.69. The van der Waals surface area contributed by atoms with E-state index in [4.69, 9.17) is 11.6 Å². The molecule has 1 saturated carbocycles. The monoisotopic (exact) mass is 213 g/mol. The number of aliphatic hydroxyl groups is 1. The SMILES string of the molecule is CN(c1ccnc(Cl)n1)C1CC(O)C1. The van der Waals surface area contributed by atoms with Gasteiger partial charge in [0.2, 0.25) is 5.28 Å². The van der Waals surface area contributed by atoms with Crippen LogP contribution in [0.2, 0.25) is 5.28 Å². The summed E-state index contributed by atoms with van der Waals surface area (Å²) in [6.45, 7) is 0. The van der Waals surface area contributed by atoms with Gasteiger partial charge in [0.25, 0.3) is 0 Å². The minimum absolute atomic E-state index is 0.153. The number of anilines is 1. The predicted octanol–water partition coefficient (Wildman–Crippen LogP) is 1.09. The number of hydrogen-bond donors (Lipinski definition) is 1. The van der Waals surface area contributed by atoms with Crippen molar-refractivity contribution in [1.29, 1.82) is 0 Å². The van der Waals surface area contributed by atoms with Crippen molar-refractivity contribution in [2.24, 2.45) is 0 Å². The summed E-state index contributed by atoms with van der Waals surface area (Å²) in [5, 5.41) is 9.44. The van der Waals surface area contributed by atoms with Crippen LogP contribution >= 0.6 is 11.6 Å². The van der Waals surface area contributed by atoms with Gasteiger partial charge in [-0.2, -0.15) is 0 Å². The van der Waals surface area contributed by atoms with Crippen molar-refractivity contribution in [3.8, 4) is 0 Å². The van der Waals surface area contributed by atoms with E-state index in [2.05, 4.69) is 9.97 Å². The second-order valence-corrected chi connectivity index (χ2v) is 3.91. The Balaban J connectivity index is 2.07. The Labute approximate surface area is 87.5 Å². The fraction of sp³-hybridized carbons (Fsp3) is 0.556. The number of rotatable bonds is 2. The van der Waals surface area contributed by atoms with Gasteiger partial charge in [-0.1, -0.05) is 0 Å². The maximum Gasteiger partial charge on any atom is 0.224 e. The minimum Gasteiger partial charge on any atom is -0.393 e. The molecular formula is C9H12ClN3O. The lowest BCUT2D eigenvalue weighted by molar-refractivity contribution is 0.0748. The Bertz CT molecular complexity index is 328. The predicted molar refractivity (Wildman–Crippen MR) is 54.5 cm³/mol. The van der Waals surface area contributed by atoms with E-state index < -0.39 is 0 Å². The molecule has 0 aliphatic heterocycles. The van der Waals surface area contributed by atoms with Crippen LogP contribution in [0.3, 0.4) is 0 Å². The highest BCUT2D eigenvalue weighted by atomic mass is 35.5. The highest BCUT2D eigenvalue weighted by molar-refractivity contribution is 6.28. The van der Waals surface area contributed by atoms with E-state index in [1.54, 1.807) is 6.20 Å². The molecular weight excluding hydrogens is 202 g/mol. The molecule has 1 aliphatic rings. The molecule has 0 aromatic carbocycles. The maximum absolute atomic E-state index is 9.18. The number of halogens is 1. The number of aromatic nitrogens is 2. The molecule has 0 spiro atoms. The molecule has 1 aliphatic carbocycles. The standard InChI is InChI=1S/C9H12ClN3O/c1-13(6-4-7(14)5-6)8-2-3-11-9(10)12-8/h2-3,6-7,14H,4-5H2,1H3. The van der Waals surface area contributed by atoms with Crippen LogP contribution in [0.1, 0.15) is 12.8 Å². The van der Waals surface area contributed by atoms with Gasteiger partial charge in [0.05, 0.1) is 6.10 Å².